The van der Waals surface area contributed by atoms with Gasteiger partial charge in [-0.15, -0.1) is 5.92 Å². The van der Waals surface area contributed by atoms with E-state index in [9.17, 15) is 0 Å². The second kappa shape index (κ2) is 7.23. The van der Waals surface area contributed by atoms with Crippen molar-refractivity contribution in [3.63, 3.8) is 0 Å². The first-order chi connectivity index (χ1) is 11.7. The SMILES string of the molecule is CC#Cc1ccc(-c2ccccc2)cc1C1C=CC(C(C)C)=CN1. The molecule has 1 aliphatic heterocycles. The Kier molecular flexibility index (Phi) is 4.87. The lowest BCUT2D eigenvalue weighted by atomic mass is 9.92. The van der Waals surface area contributed by atoms with Crippen LogP contribution >= 0.6 is 0 Å². The molecule has 1 atom stereocenters. The number of rotatable bonds is 3. The van der Waals surface area contributed by atoms with Crippen LogP contribution < -0.4 is 5.32 Å². The van der Waals surface area contributed by atoms with Crippen molar-refractivity contribution >= 4 is 0 Å². The van der Waals surface area contributed by atoms with E-state index in [1.807, 2.05) is 13.0 Å². The van der Waals surface area contributed by atoms with Crippen LogP contribution in [0.15, 0.2) is 72.5 Å². The number of hydrogen-bond donors (Lipinski definition) is 1. The molecule has 0 saturated carbocycles. The molecule has 0 fully saturated rings. The maximum atomic E-state index is 3.53. The van der Waals surface area contributed by atoms with E-state index >= 15 is 0 Å². The predicted molar refractivity (Wildman–Crippen MR) is 102 cm³/mol. The minimum Gasteiger partial charge on any atom is -0.380 e. The van der Waals surface area contributed by atoms with Crippen LogP contribution in [0.25, 0.3) is 11.1 Å². The third-order valence-electron chi connectivity index (χ3n) is 4.33. The maximum Gasteiger partial charge on any atom is 0.0708 e. The summed E-state index contributed by atoms with van der Waals surface area (Å²) < 4.78 is 0. The van der Waals surface area contributed by atoms with E-state index in [2.05, 4.69) is 91.8 Å². The Morgan fingerprint density at radius 3 is 2.42 bits per heavy atom. The standard InChI is InChI=1S/C23H23N/c1-4-8-19-11-12-20(18-9-6-5-7-10-18)15-22(19)23-14-13-21(16-24-23)17(2)3/h5-7,9-17,23-24H,1-3H3. The summed E-state index contributed by atoms with van der Waals surface area (Å²) in [4.78, 5) is 0. The van der Waals surface area contributed by atoms with Crippen LogP contribution in [-0.2, 0) is 0 Å². The van der Waals surface area contributed by atoms with Crippen molar-refractivity contribution in [3.8, 4) is 23.0 Å². The third-order valence-corrected chi connectivity index (χ3v) is 4.33. The molecule has 24 heavy (non-hydrogen) atoms. The van der Waals surface area contributed by atoms with Gasteiger partial charge in [-0.25, -0.2) is 0 Å². The molecule has 0 bridgehead atoms. The maximum absolute atomic E-state index is 3.53. The second-order valence-electron chi connectivity index (χ2n) is 6.35. The Morgan fingerprint density at radius 2 is 1.79 bits per heavy atom. The van der Waals surface area contributed by atoms with Crippen LogP contribution in [0.3, 0.4) is 0 Å². The largest absolute Gasteiger partial charge is 0.380 e. The van der Waals surface area contributed by atoms with E-state index in [4.69, 9.17) is 0 Å². The van der Waals surface area contributed by atoms with Crippen LogP contribution in [0, 0.1) is 17.8 Å². The molecular weight excluding hydrogens is 290 g/mol. The van der Waals surface area contributed by atoms with Crippen LogP contribution in [0.2, 0.25) is 0 Å². The number of benzene rings is 2. The highest BCUT2D eigenvalue weighted by molar-refractivity contribution is 5.66. The van der Waals surface area contributed by atoms with Gasteiger partial charge in [-0.05, 0) is 47.2 Å². The van der Waals surface area contributed by atoms with Gasteiger partial charge in [0.05, 0.1) is 6.04 Å². The summed E-state index contributed by atoms with van der Waals surface area (Å²) in [6, 6.07) is 17.2. The summed E-state index contributed by atoms with van der Waals surface area (Å²) in [6.45, 7) is 6.31. The molecule has 120 valence electrons. The Morgan fingerprint density at radius 1 is 1.00 bits per heavy atom. The smallest absolute Gasteiger partial charge is 0.0708 e. The quantitative estimate of drug-likeness (QED) is 0.741. The monoisotopic (exact) mass is 313 g/mol. The van der Waals surface area contributed by atoms with Gasteiger partial charge in [0.25, 0.3) is 0 Å². The highest BCUT2D eigenvalue weighted by Crippen LogP contribution is 2.29. The van der Waals surface area contributed by atoms with Gasteiger partial charge in [0.2, 0.25) is 0 Å². The Labute approximate surface area is 145 Å². The lowest BCUT2D eigenvalue weighted by Gasteiger charge is -2.22. The number of hydrogen-bond acceptors (Lipinski definition) is 1. The van der Waals surface area contributed by atoms with E-state index < -0.39 is 0 Å². The van der Waals surface area contributed by atoms with E-state index in [1.165, 1.54) is 22.3 Å². The second-order valence-corrected chi connectivity index (χ2v) is 6.35. The minimum atomic E-state index is 0.159. The molecule has 0 radical (unpaired) electrons. The molecule has 0 saturated heterocycles. The van der Waals surface area contributed by atoms with Crippen molar-refractivity contribution in [2.75, 3.05) is 0 Å². The molecule has 1 unspecified atom stereocenters. The van der Waals surface area contributed by atoms with E-state index in [1.54, 1.807) is 0 Å². The van der Waals surface area contributed by atoms with E-state index in [0.29, 0.717) is 5.92 Å². The lowest BCUT2D eigenvalue weighted by molar-refractivity contribution is 0.698. The Bertz CT molecular complexity index is 829. The number of nitrogens with one attached hydrogen (secondary N) is 1. The zero-order valence-electron chi connectivity index (χ0n) is 14.5. The fraction of sp³-hybridized carbons (Fsp3) is 0.217. The molecular formula is C23H23N. The summed E-state index contributed by atoms with van der Waals surface area (Å²) in [5.74, 6) is 6.80. The van der Waals surface area contributed by atoms with Crippen LogP contribution in [0.1, 0.15) is 37.9 Å². The highest BCUT2D eigenvalue weighted by Gasteiger charge is 2.15. The van der Waals surface area contributed by atoms with Crippen LogP contribution in [-0.4, -0.2) is 0 Å². The summed E-state index contributed by atoms with van der Waals surface area (Å²) in [5, 5.41) is 3.53. The van der Waals surface area contributed by atoms with Gasteiger partial charge in [-0.2, -0.15) is 0 Å². The molecule has 1 aliphatic rings. The van der Waals surface area contributed by atoms with Crippen LogP contribution in [0.4, 0.5) is 0 Å². The molecule has 0 aliphatic carbocycles. The van der Waals surface area contributed by atoms with Crippen molar-refractivity contribution in [1.29, 1.82) is 0 Å². The zero-order chi connectivity index (χ0) is 16.9. The normalized spacial score (nSPS) is 16.2. The minimum absolute atomic E-state index is 0.159. The first kappa shape index (κ1) is 16.1. The van der Waals surface area contributed by atoms with Gasteiger partial charge in [-0.3, -0.25) is 0 Å². The number of allylic oxidation sites excluding steroid dienone is 2. The van der Waals surface area contributed by atoms with Crippen LogP contribution in [0.5, 0.6) is 0 Å². The summed E-state index contributed by atoms with van der Waals surface area (Å²) in [5.41, 5.74) is 6.09. The third kappa shape index (κ3) is 3.44. The average molecular weight is 313 g/mol. The topological polar surface area (TPSA) is 12.0 Å². The highest BCUT2D eigenvalue weighted by atomic mass is 14.9. The molecule has 2 aromatic rings. The number of dihydropyridines is 1. The first-order valence-electron chi connectivity index (χ1n) is 8.45. The predicted octanol–water partition coefficient (Wildman–Crippen LogP) is 5.47. The van der Waals surface area contributed by atoms with Crippen molar-refractivity contribution < 1.29 is 0 Å². The van der Waals surface area contributed by atoms with E-state index in [0.717, 1.165) is 5.56 Å². The van der Waals surface area contributed by atoms with Gasteiger partial charge in [0.1, 0.15) is 0 Å². The zero-order valence-corrected chi connectivity index (χ0v) is 14.5. The Hall–Kier alpha value is -2.72. The van der Waals surface area contributed by atoms with Gasteiger partial charge >= 0.3 is 0 Å². The molecule has 0 aromatic heterocycles. The van der Waals surface area contributed by atoms with E-state index in [-0.39, 0.29) is 6.04 Å². The van der Waals surface area contributed by atoms with Crippen molar-refractivity contribution in [3.05, 3.63) is 83.6 Å². The van der Waals surface area contributed by atoms with Crippen molar-refractivity contribution in [1.82, 2.24) is 5.32 Å². The van der Waals surface area contributed by atoms with Gasteiger partial charge in [-0.1, -0.05) is 68.3 Å². The molecule has 1 heteroatoms. The summed E-state index contributed by atoms with van der Waals surface area (Å²) in [7, 11) is 0. The van der Waals surface area contributed by atoms with Gasteiger partial charge in [0, 0.05) is 11.8 Å². The lowest BCUT2D eigenvalue weighted by Crippen LogP contribution is -2.19. The molecule has 1 N–H and O–H groups in total. The van der Waals surface area contributed by atoms with Gasteiger partial charge < -0.3 is 5.32 Å². The first-order valence-corrected chi connectivity index (χ1v) is 8.45. The average Bonchev–Trinajstić information content (AvgIpc) is 2.63. The molecule has 3 rings (SSSR count). The fourth-order valence-corrected chi connectivity index (χ4v) is 2.93. The molecule has 2 aromatic carbocycles. The fourth-order valence-electron chi connectivity index (χ4n) is 2.93. The molecule has 1 nitrogen and oxygen atoms in total. The Balaban J connectivity index is 1.99. The van der Waals surface area contributed by atoms with Gasteiger partial charge in [0.15, 0.2) is 0 Å². The summed E-state index contributed by atoms with van der Waals surface area (Å²) in [6.07, 6.45) is 6.60. The van der Waals surface area contributed by atoms with Crippen molar-refractivity contribution in [2.24, 2.45) is 5.92 Å². The molecule has 0 amide bonds. The molecule has 1 heterocycles. The summed E-state index contributed by atoms with van der Waals surface area (Å²) >= 11 is 0. The van der Waals surface area contributed by atoms with Crippen molar-refractivity contribution in [2.45, 2.75) is 26.8 Å². The molecule has 0 spiro atoms.